The van der Waals surface area contributed by atoms with Gasteiger partial charge >= 0.3 is 6.09 Å². The zero-order valence-corrected chi connectivity index (χ0v) is 35.8. The molecule has 8 amide bonds. The summed E-state index contributed by atoms with van der Waals surface area (Å²) in [6.45, 7) is -0.943. The molecule has 3 aromatic carbocycles. The largest absolute Gasteiger partial charge is 0.493 e. The number of alkyl carbamates (subject to hydrolysis) is 1. The Morgan fingerprint density at radius 2 is 1.47 bits per heavy atom. The molecule has 64 heavy (non-hydrogen) atoms. The van der Waals surface area contributed by atoms with Gasteiger partial charge in [-0.1, -0.05) is 60.7 Å². The first-order chi connectivity index (χ1) is 30.9. The van der Waals surface area contributed by atoms with Crippen LogP contribution in [0.2, 0.25) is 0 Å². The van der Waals surface area contributed by atoms with Crippen LogP contribution < -0.4 is 47.3 Å². The van der Waals surface area contributed by atoms with E-state index in [-0.39, 0.29) is 38.5 Å². The highest BCUT2D eigenvalue weighted by atomic mass is 16.5. The average Bonchev–Trinajstić information content (AvgIpc) is 3.61. The third-order valence-corrected chi connectivity index (χ3v) is 11.3. The number of carbonyl (C=O) groups excluding carboxylic acids is 8. The maximum atomic E-state index is 14.0. The van der Waals surface area contributed by atoms with E-state index >= 15 is 0 Å². The van der Waals surface area contributed by atoms with E-state index in [1.165, 1.54) is 11.1 Å². The molecule has 1 saturated heterocycles. The van der Waals surface area contributed by atoms with Gasteiger partial charge in [-0.3, -0.25) is 33.6 Å². The van der Waals surface area contributed by atoms with Gasteiger partial charge in [-0.2, -0.15) is 0 Å². The number of fused-ring (bicyclic) bond motifs is 4. The Hall–Kier alpha value is -7.02. The van der Waals surface area contributed by atoms with Crippen LogP contribution in [0.3, 0.4) is 0 Å². The van der Waals surface area contributed by atoms with E-state index in [2.05, 4.69) is 60.5 Å². The smallest absolute Gasteiger partial charge is 0.407 e. The van der Waals surface area contributed by atoms with Crippen molar-refractivity contribution >= 4 is 47.4 Å². The lowest BCUT2D eigenvalue weighted by atomic mass is 9.84. The Bertz CT molecular complexity index is 2190. The van der Waals surface area contributed by atoms with Crippen molar-refractivity contribution in [3.8, 4) is 16.9 Å². The van der Waals surface area contributed by atoms with Gasteiger partial charge in [-0.25, -0.2) is 4.79 Å². The first-order valence-corrected chi connectivity index (χ1v) is 21.3. The van der Waals surface area contributed by atoms with Crippen LogP contribution in [-0.2, 0) is 51.3 Å². The quantitative estimate of drug-likeness (QED) is 0.0719. The van der Waals surface area contributed by atoms with Crippen LogP contribution in [0.4, 0.5) is 4.79 Å². The maximum absolute atomic E-state index is 14.0. The number of rotatable bonds is 15. The fourth-order valence-electron chi connectivity index (χ4n) is 7.77. The topological polar surface area (TPSA) is 254 Å². The molecule has 19 nitrogen and oxygen atoms in total. The minimum absolute atomic E-state index is 0.000859. The van der Waals surface area contributed by atoms with Crippen LogP contribution in [0.15, 0.2) is 66.7 Å². The lowest BCUT2D eigenvalue weighted by Gasteiger charge is -2.31. The molecular formula is C45H55N9O10. The summed E-state index contributed by atoms with van der Waals surface area (Å²) in [6, 6.07) is 21.6. The molecule has 19 heteroatoms. The van der Waals surface area contributed by atoms with Gasteiger partial charge in [0.1, 0.15) is 12.4 Å². The van der Waals surface area contributed by atoms with Crippen molar-refractivity contribution in [1.82, 2.24) is 47.4 Å². The first-order valence-electron chi connectivity index (χ1n) is 21.3. The van der Waals surface area contributed by atoms with Crippen LogP contribution >= 0.6 is 0 Å². The lowest BCUT2D eigenvalue weighted by Crippen LogP contribution is -2.63. The SMILES string of the molecule is CN1CCc2c(cccc2OCCCNC(=O)CCNC(=O)C2(CNC(=O)CNC(=O)OCC3c4ccccc4-c4ccccc43)CNC(=O)CNC(=O)CCNC(=O)CNC2=O)C1. The highest BCUT2D eigenvalue weighted by molar-refractivity contribution is 6.07. The standard InChI is InChI=1S/C45H55N9O10/c1-54-20-16-30-29(25-54)8-6-13-36(30)63-21-7-17-46-37(55)15-19-48-42(60)45(27-52-40(58)22-49-38(56)14-18-47-39(57)23-50-43(45)61)28-53-41(59)24-51-44(62)64-26-35-33-11-4-2-9-31(33)32-10-3-5-12-34(32)35/h2-6,8-13,35H,7,14-28H2,1H3,(H,46,55)(H,47,57)(H,48,60)(H,49,56)(H,50,61)(H,51,62)(H,52,58)(H,53,59). The molecule has 0 bridgehead atoms. The molecule has 0 aromatic heterocycles. The molecule has 0 spiro atoms. The molecule has 340 valence electrons. The number of likely N-dealkylation sites (N-methyl/N-ethyl adjacent to an activating group) is 1. The fourth-order valence-corrected chi connectivity index (χ4v) is 7.77. The summed E-state index contributed by atoms with van der Waals surface area (Å²) >= 11 is 0. The molecule has 1 fully saturated rings. The van der Waals surface area contributed by atoms with Crippen LogP contribution in [0.5, 0.6) is 5.75 Å². The Balaban J connectivity index is 1.03. The van der Waals surface area contributed by atoms with Crippen LogP contribution in [0, 0.1) is 5.41 Å². The van der Waals surface area contributed by atoms with Gasteiger partial charge in [0, 0.05) is 64.6 Å². The molecule has 1 aliphatic carbocycles. The normalized spacial score (nSPS) is 18.0. The third kappa shape index (κ3) is 12.3. The second kappa shape index (κ2) is 22.4. The maximum Gasteiger partial charge on any atom is 0.407 e. The molecular weight excluding hydrogens is 827 g/mol. The third-order valence-electron chi connectivity index (χ3n) is 11.3. The van der Waals surface area contributed by atoms with E-state index in [9.17, 15) is 38.4 Å². The molecule has 8 N–H and O–H groups in total. The number of amides is 8. The highest BCUT2D eigenvalue weighted by Crippen LogP contribution is 2.44. The Kier molecular flexibility index (Phi) is 16.2. The summed E-state index contributed by atoms with van der Waals surface area (Å²) in [7, 11) is 2.08. The molecule has 3 aliphatic rings. The van der Waals surface area contributed by atoms with Gasteiger partial charge in [0.2, 0.25) is 41.4 Å². The number of hydrogen-bond acceptors (Lipinski definition) is 11. The van der Waals surface area contributed by atoms with Crippen molar-refractivity contribution < 1.29 is 47.8 Å². The lowest BCUT2D eigenvalue weighted by molar-refractivity contribution is -0.145. The van der Waals surface area contributed by atoms with Gasteiger partial charge in [0.25, 0.3) is 0 Å². The van der Waals surface area contributed by atoms with E-state index in [1.54, 1.807) is 0 Å². The van der Waals surface area contributed by atoms with E-state index in [4.69, 9.17) is 9.47 Å². The van der Waals surface area contributed by atoms with E-state index in [0.29, 0.717) is 19.6 Å². The zero-order valence-electron chi connectivity index (χ0n) is 35.8. The van der Waals surface area contributed by atoms with E-state index in [1.807, 2.05) is 60.7 Å². The summed E-state index contributed by atoms with van der Waals surface area (Å²) in [5, 5.41) is 19.9. The first kappa shape index (κ1) is 46.5. The van der Waals surface area contributed by atoms with Gasteiger partial charge in [0.15, 0.2) is 5.41 Å². The monoisotopic (exact) mass is 881 g/mol. The number of nitrogens with zero attached hydrogens (tertiary/aromatic N) is 1. The second-order valence-electron chi connectivity index (χ2n) is 15.8. The van der Waals surface area contributed by atoms with Crippen LogP contribution in [-0.4, -0.2) is 132 Å². The molecule has 6 rings (SSSR count). The molecule has 3 aromatic rings. The predicted octanol–water partition coefficient (Wildman–Crippen LogP) is -0.424. The zero-order chi connectivity index (χ0) is 45.5. The molecule has 0 radical (unpaired) electrons. The summed E-state index contributed by atoms with van der Waals surface area (Å²) in [6.07, 6.45) is 0.231. The summed E-state index contributed by atoms with van der Waals surface area (Å²) < 4.78 is 11.5. The summed E-state index contributed by atoms with van der Waals surface area (Å²) in [5.74, 6) is -4.52. The summed E-state index contributed by atoms with van der Waals surface area (Å²) in [5.41, 5.74) is 4.24. The van der Waals surface area contributed by atoms with Crippen molar-refractivity contribution in [2.24, 2.45) is 5.41 Å². The van der Waals surface area contributed by atoms with Crippen molar-refractivity contribution in [3.05, 3.63) is 89.0 Å². The van der Waals surface area contributed by atoms with Crippen molar-refractivity contribution in [2.45, 2.75) is 38.1 Å². The number of benzene rings is 3. The Morgan fingerprint density at radius 3 is 2.23 bits per heavy atom. The van der Waals surface area contributed by atoms with Crippen molar-refractivity contribution in [1.29, 1.82) is 0 Å². The van der Waals surface area contributed by atoms with E-state index in [0.717, 1.165) is 47.5 Å². The molecule has 1 unspecified atom stereocenters. The van der Waals surface area contributed by atoms with E-state index < -0.39 is 85.6 Å². The number of nitrogens with one attached hydrogen (secondary N) is 8. The minimum atomic E-state index is -2.27. The minimum Gasteiger partial charge on any atom is -0.493 e. The number of carbonyl (C=O) groups is 8. The van der Waals surface area contributed by atoms with Gasteiger partial charge < -0.3 is 56.9 Å². The van der Waals surface area contributed by atoms with Crippen LogP contribution in [0.1, 0.15) is 47.4 Å². The highest BCUT2D eigenvalue weighted by Gasteiger charge is 2.47. The Morgan fingerprint density at radius 1 is 0.750 bits per heavy atom. The van der Waals surface area contributed by atoms with Crippen molar-refractivity contribution in [2.75, 3.05) is 79.2 Å². The van der Waals surface area contributed by atoms with Gasteiger partial charge in [-0.15, -0.1) is 0 Å². The number of ether oxygens (including phenoxy) is 2. The average molecular weight is 882 g/mol. The van der Waals surface area contributed by atoms with Crippen molar-refractivity contribution in [3.63, 3.8) is 0 Å². The fraction of sp³-hybridized carbons (Fsp3) is 0.422. The molecule has 1 atom stereocenters. The van der Waals surface area contributed by atoms with Crippen LogP contribution in [0.25, 0.3) is 11.1 Å². The Labute approximate surface area is 370 Å². The van der Waals surface area contributed by atoms with Gasteiger partial charge in [-0.05, 0) is 59.3 Å². The molecule has 2 heterocycles. The predicted molar refractivity (Wildman–Crippen MR) is 232 cm³/mol. The second-order valence-corrected chi connectivity index (χ2v) is 15.8. The number of hydrogen-bond donors (Lipinski definition) is 8. The molecule has 2 aliphatic heterocycles. The van der Waals surface area contributed by atoms with Gasteiger partial charge in [0.05, 0.1) is 26.2 Å². The summed E-state index contributed by atoms with van der Waals surface area (Å²) in [4.78, 5) is 106. The molecule has 0 saturated carbocycles.